The molecular weight excluding hydrogens is 326 g/mol. The molecule has 6 nitrogen and oxygen atoms in total. The molecular formula is C13H18BrN3O3. The second-order valence-corrected chi connectivity index (χ2v) is 5.50. The van der Waals surface area contributed by atoms with Crippen LogP contribution < -0.4 is 15.8 Å². The van der Waals surface area contributed by atoms with Gasteiger partial charge in [0, 0.05) is 4.47 Å². The van der Waals surface area contributed by atoms with Crippen molar-refractivity contribution in [3.8, 4) is 5.75 Å². The molecule has 1 atom stereocenters. The number of carbonyl (C=O) groups is 1. The lowest BCUT2D eigenvalue weighted by Crippen LogP contribution is -2.38. The molecule has 1 aromatic rings. The number of carbonyl (C=O) groups excluding carboxylic acids is 1. The molecule has 7 heteroatoms. The molecule has 1 aromatic carbocycles. The van der Waals surface area contributed by atoms with Gasteiger partial charge in [-0.1, -0.05) is 34.9 Å². The number of amides is 1. The number of rotatable bonds is 5. The highest BCUT2D eigenvalue weighted by Crippen LogP contribution is 2.28. The summed E-state index contributed by atoms with van der Waals surface area (Å²) in [5, 5.41) is 14.4. The first-order valence-corrected chi connectivity index (χ1v) is 6.81. The van der Waals surface area contributed by atoms with Crippen molar-refractivity contribution in [2.75, 3.05) is 12.4 Å². The number of benzene rings is 1. The fourth-order valence-corrected chi connectivity index (χ4v) is 2.19. The third-order valence-electron chi connectivity index (χ3n) is 2.80. The fourth-order valence-electron chi connectivity index (χ4n) is 1.83. The number of anilines is 1. The molecule has 1 unspecified atom stereocenters. The Morgan fingerprint density at radius 2 is 2.15 bits per heavy atom. The maximum absolute atomic E-state index is 12.3. The molecule has 0 aromatic heterocycles. The number of nitrogens with two attached hydrogens (primary N) is 1. The zero-order valence-electron chi connectivity index (χ0n) is 11.6. The molecule has 1 rings (SSSR count). The van der Waals surface area contributed by atoms with Crippen molar-refractivity contribution in [2.24, 2.45) is 22.7 Å². The van der Waals surface area contributed by atoms with Gasteiger partial charge in [0.2, 0.25) is 5.91 Å². The number of hydrogen-bond acceptors (Lipinski definition) is 4. The number of amidine groups is 1. The molecule has 1 amide bonds. The first-order chi connectivity index (χ1) is 9.40. The van der Waals surface area contributed by atoms with Crippen LogP contribution in [0.4, 0.5) is 5.69 Å². The van der Waals surface area contributed by atoms with Crippen LogP contribution in [0.3, 0.4) is 0 Å². The van der Waals surface area contributed by atoms with Crippen molar-refractivity contribution in [1.82, 2.24) is 0 Å². The van der Waals surface area contributed by atoms with E-state index in [1.165, 1.54) is 7.11 Å². The maximum Gasteiger partial charge on any atom is 0.235 e. The van der Waals surface area contributed by atoms with Gasteiger partial charge in [-0.2, -0.15) is 0 Å². The first kappa shape index (κ1) is 16.3. The average Bonchev–Trinajstić information content (AvgIpc) is 2.38. The largest absolute Gasteiger partial charge is 0.495 e. The minimum atomic E-state index is -0.719. The quantitative estimate of drug-likeness (QED) is 0.331. The van der Waals surface area contributed by atoms with Crippen LogP contribution in [0.25, 0.3) is 0 Å². The summed E-state index contributed by atoms with van der Waals surface area (Å²) in [4.78, 5) is 12.3. The molecule has 110 valence electrons. The standard InChI is InChI=1S/C13H18BrN3O3/c1-7(2)11(12(15)17-19)13(18)16-9-6-8(14)4-5-10(9)20-3/h4-7,11,19H,1-3H3,(H2,15,17)(H,16,18). The smallest absolute Gasteiger partial charge is 0.235 e. The van der Waals surface area contributed by atoms with Gasteiger partial charge in [-0.05, 0) is 24.1 Å². The monoisotopic (exact) mass is 343 g/mol. The number of oxime groups is 1. The Kier molecular flexibility index (Phi) is 5.82. The van der Waals surface area contributed by atoms with E-state index in [0.29, 0.717) is 11.4 Å². The van der Waals surface area contributed by atoms with E-state index in [1.807, 2.05) is 13.8 Å². The number of methoxy groups -OCH3 is 1. The SMILES string of the molecule is COc1ccc(Br)cc1NC(=O)C(C(N)=NO)C(C)C. The molecule has 0 spiro atoms. The maximum atomic E-state index is 12.3. The number of halogens is 1. The molecule has 0 radical (unpaired) electrons. The van der Waals surface area contributed by atoms with Gasteiger partial charge in [-0.15, -0.1) is 0 Å². The van der Waals surface area contributed by atoms with Gasteiger partial charge < -0.3 is 21.0 Å². The van der Waals surface area contributed by atoms with Crippen LogP contribution in [0.2, 0.25) is 0 Å². The summed E-state index contributed by atoms with van der Waals surface area (Å²) in [5.74, 6) is -0.769. The van der Waals surface area contributed by atoms with E-state index in [9.17, 15) is 4.79 Å². The summed E-state index contributed by atoms with van der Waals surface area (Å²) >= 11 is 3.33. The lowest BCUT2D eigenvalue weighted by atomic mass is 9.93. The van der Waals surface area contributed by atoms with Crippen molar-refractivity contribution < 1.29 is 14.7 Å². The second kappa shape index (κ2) is 7.14. The second-order valence-electron chi connectivity index (χ2n) is 4.58. The first-order valence-electron chi connectivity index (χ1n) is 6.02. The van der Waals surface area contributed by atoms with Gasteiger partial charge >= 0.3 is 0 Å². The summed E-state index contributed by atoms with van der Waals surface area (Å²) in [5.41, 5.74) is 6.09. The molecule has 0 aliphatic carbocycles. The van der Waals surface area contributed by atoms with Crippen molar-refractivity contribution >= 4 is 33.4 Å². The van der Waals surface area contributed by atoms with Crippen molar-refractivity contribution in [1.29, 1.82) is 0 Å². The molecule has 4 N–H and O–H groups in total. The minimum absolute atomic E-state index is 0.107. The molecule has 0 fully saturated rings. The van der Waals surface area contributed by atoms with E-state index < -0.39 is 5.92 Å². The Balaban J connectivity index is 3.02. The predicted molar refractivity (Wildman–Crippen MR) is 81.1 cm³/mol. The summed E-state index contributed by atoms with van der Waals surface area (Å²) in [6.07, 6.45) is 0. The number of ether oxygens (including phenoxy) is 1. The Labute approximate surface area is 126 Å². The van der Waals surface area contributed by atoms with Gasteiger partial charge in [-0.25, -0.2) is 0 Å². The summed E-state index contributed by atoms with van der Waals surface area (Å²) < 4.78 is 5.99. The molecule has 0 bridgehead atoms. The third kappa shape index (κ3) is 3.86. The van der Waals surface area contributed by atoms with Gasteiger partial charge in [0.1, 0.15) is 11.7 Å². The van der Waals surface area contributed by atoms with Crippen LogP contribution in [0.15, 0.2) is 27.8 Å². The third-order valence-corrected chi connectivity index (χ3v) is 3.30. The normalized spacial score (nSPS) is 13.2. The lowest BCUT2D eigenvalue weighted by molar-refractivity contribution is -0.119. The highest BCUT2D eigenvalue weighted by molar-refractivity contribution is 9.10. The van der Waals surface area contributed by atoms with E-state index >= 15 is 0 Å². The highest BCUT2D eigenvalue weighted by atomic mass is 79.9. The number of nitrogens with zero attached hydrogens (tertiary/aromatic N) is 1. The highest BCUT2D eigenvalue weighted by Gasteiger charge is 2.27. The minimum Gasteiger partial charge on any atom is -0.495 e. The van der Waals surface area contributed by atoms with Gasteiger partial charge in [-0.3, -0.25) is 4.79 Å². The zero-order valence-corrected chi connectivity index (χ0v) is 13.1. The van der Waals surface area contributed by atoms with E-state index in [4.69, 9.17) is 15.7 Å². The van der Waals surface area contributed by atoms with Crippen LogP contribution in [-0.2, 0) is 4.79 Å². The van der Waals surface area contributed by atoms with Crippen LogP contribution in [0, 0.1) is 11.8 Å². The van der Waals surface area contributed by atoms with Gasteiger partial charge in [0.25, 0.3) is 0 Å². The Morgan fingerprint density at radius 1 is 1.50 bits per heavy atom. The van der Waals surface area contributed by atoms with Crippen LogP contribution in [0.5, 0.6) is 5.75 Å². The van der Waals surface area contributed by atoms with Crippen LogP contribution >= 0.6 is 15.9 Å². The van der Waals surface area contributed by atoms with Crippen molar-refractivity contribution in [3.05, 3.63) is 22.7 Å². The van der Waals surface area contributed by atoms with Gasteiger partial charge in [0.15, 0.2) is 5.84 Å². The fraction of sp³-hybridized carbons (Fsp3) is 0.385. The summed E-state index contributed by atoms with van der Waals surface area (Å²) in [7, 11) is 1.52. The van der Waals surface area contributed by atoms with Crippen LogP contribution in [-0.4, -0.2) is 24.1 Å². The van der Waals surface area contributed by atoms with Crippen molar-refractivity contribution in [3.63, 3.8) is 0 Å². The Hall–Kier alpha value is -1.76. The van der Waals surface area contributed by atoms with Crippen molar-refractivity contribution in [2.45, 2.75) is 13.8 Å². The summed E-state index contributed by atoms with van der Waals surface area (Å²) in [6.45, 7) is 3.64. The number of hydrogen-bond donors (Lipinski definition) is 3. The summed E-state index contributed by atoms with van der Waals surface area (Å²) in [6, 6.07) is 5.26. The van der Waals surface area contributed by atoms with Gasteiger partial charge in [0.05, 0.1) is 12.8 Å². The number of nitrogens with one attached hydrogen (secondary N) is 1. The molecule has 20 heavy (non-hydrogen) atoms. The lowest BCUT2D eigenvalue weighted by Gasteiger charge is -2.19. The zero-order chi connectivity index (χ0) is 15.3. The van der Waals surface area contributed by atoms with E-state index in [0.717, 1.165) is 4.47 Å². The molecule has 0 aliphatic rings. The topological polar surface area (TPSA) is 96.9 Å². The molecule has 0 saturated carbocycles. The predicted octanol–water partition coefficient (Wildman–Crippen LogP) is 2.41. The average molecular weight is 344 g/mol. The van der Waals surface area contributed by atoms with E-state index in [-0.39, 0.29) is 17.7 Å². The van der Waals surface area contributed by atoms with E-state index in [1.54, 1.807) is 18.2 Å². The molecule has 0 saturated heterocycles. The molecule has 0 heterocycles. The Morgan fingerprint density at radius 3 is 2.65 bits per heavy atom. The molecule has 0 aliphatic heterocycles. The Bertz CT molecular complexity index is 518. The van der Waals surface area contributed by atoms with E-state index in [2.05, 4.69) is 26.4 Å². The van der Waals surface area contributed by atoms with Crippen LogP contribution in [0.1, 0.15) is 13.8 Å².